The van der Waals surface area contributed by atoms with Crippen LogP contribution in [0.25, 0.3) is 11.1 Å². The van der Waals surface area contributed by atoms with Crippen LogP contribution in [-0.2, 0) is 6.18 Å². The van der Waals surface area contributed by atoms with E-state index in [-0.39, 0.29) is 48.6 Å². The quantitative estimate of drug-likeness (QED) is 0.325. The zero-order valence-electron chi connectivity index (χ0n) is 26.7. The molecule has 0 bridgehead atoms. The molecule has 1 N–H and O–H groups in total. The molecule has 0 unspecified atom stereocenters. The fourth-order valence-electron chi connectivity index (χ4n) is 6.21. The molecule has 2 aliphatic heterocycles. The highest BCUT2D eigenvalue weighted by atomic mass is 19.4. The summed E-state index contributed by atoms with van der Waals surface area (Å²) < 4.78 is 68.8. The van der Waals surface area contributed by atoms with Crippen LogP contribution in [0.5, 0.6) is 11.8 Å². The third-order valence-electron chi connectivity index (χ3n) is 8.54. The van der Waals surface area contributed by atoms with E-state index in [1.807, 2.05) is 18.9 Å². The van der Waals surface area contributed by atoms with Gasteiger partial charge in [-0.25, -0.2) is 14.4 Å². The molecule has 3 aromatic rings. The summed E-state index contributed by atoms with van der Waals surface area (Å²) in [7, 11) is 3.14. The van der Waals surface area contributed by atoms with Gasteiger partial charge in [0.2, 0.25) is 11.8 Å². The van der Waals surface area contributed by atoms with Crippen molar-refractivity contribution < 1.29 is 36.6 Å². The molecule has 2 aromatic heterocycles. The summed E-state index contributed by atoms with van der Waals surface area (Å²) in [6.07, 6.45) is -2.16. The summed E-state index contributed by atoms with van der Waals surface area (Å²) in [5.41, 5.74) is -1.19. The van der Waals surface area contributed by atoms with Gasteiger partial charge in [-0.05, 0) is 63.7 Å². The molecule has 0 saturated carbocycles. The number of carbonyl (C=O) groups excluding carboxylic acids is 2. The van der Waals surface area contributed by atoms with Crippen molar-refractivity contribution in [3.05, 3.63) is 65.2 Å². The van der Waals surface area contributed by atoms with Crippen molar-refractivity contribution in [1.29, 1.82) is 0 Å². The van der Waals surface area contributed by atoms with E-state index in [2.05, 4.69) is 20.2 Å². The standard InChI is InChI=1S/C33H38F4N6O4/c1-5-21-19-42(32(45)24-10-12-26(46-4)40-29(24)33(35,36)37)16-17-43(21)25-11-9-22(23-8-7-14-38-31(23)47-6-2)28(34)27(25)30(44)39-20-13-15-41(3)18-20/h7-12,14,20-21H,5-6,13,15-19H2,1-4H3,(H,39,44)/t20-,21-/m1/s1. The van der Waals surface area contributed by atoms with E-state index in [0.717, 1.165) is 12.6 Å². The van der Waals surface area contributed by atoms with Gasteiger partial charge < -0.3 is 29.5 Å². The number of piperazine rings is 1. The van der Waals surface area contributed by atoms with Crippen LogP contribution in [0.3, 0.4) is 0 Å². The number of nitrogens with one attached hydrogen (secondary N) is 1. The van der Waals surface area contributed by atoms with Gasteiger partial charge in [-0.15, -0.1) is 0 Å². The molecule has 2 amide bonds. The molecule has 14 heteroatoms. The fourth-order valence-corrected chi connectivity index (χ4v) is 6.21. The second kappa shape index (κ2) is 14.1. The molecule has 47 heavy (non-hydrogen) atoms. The number of aromatic nitrogens is 2. The number of pyridine rings is 2. The Hall–Kier alpha value is -4.46. The Morgan fingerprint density at radius 1 is 1.04 bits per heavy atom. The summed E-state index contributed by atoms with van der Waals surface area (Å²) in [5, 5.41) is 2.99. The van der Waals surface area contributed by atoms with Crippen molar-refractivity contribution >= 4 is 17.5 Å². The summed E-state index contributed by atoms with van der Waals surface area (Å²) in [4.78, 5) is 40.4. The van der Waals surface area contributed by atoms with Gasteiger partial charge >= 0.3 is 6.18 Å². The fraction of sp³-hybridized carbons (Fsp3) is 0.455. The third kappa shape index (κ3) is 7.11. The number of rotatable bonds is 9. The first-order chi connectivity index (χ1) is 22.5. The lowest BCUT2D eigenvalue weighted by Gasteiger charge is -2.43. The van der Waals surface area contributed by atoms with Crippen molar-refractivity contribution in [2.75, 3.05) is 58.4 Å². The van der Waals surface area contributed by atoms with Crippen LogP contribution in [0.4, 0.5) is 23.2 Å². The lowest BCUT2D eigenvalue weighted by molar-refractivity contribution is -0.141. The molecule has 252 valence electrons. The average molecular weight is 659 g/mol. The van der Waals surface area contributed by atoms with Gasteiger partial charge in [-0.3, -0.25) is 9.59 Å². The van der Waals surface area contributed by atoms with Gasteiger partial charge in [0.15, 0.2) is 5.69 Å². The molecule has 2 fully saturated rings. The lowest BCUT2D eigenvalue weighted by Crippen LogP contribution is -2.55. The van der Waals surface area contributed by atoms with Gasteiger partial charge in [0.25, 0.3) is 11.8 Å². The highest BCUT2D eigenvalue weighted by molar-refractivity contribution is 6.02. The first-order valence-electron chi connectivity index (χ1n) is 15.5. The van der Waals surface area contributed by atoms with Gasteiger partial charge in [0.05, 0.1) is 30.5 Å². The number of alkyl halides is 3. The second-order valence-corrected chi connectivity index (χ2v) is 11.6. The first kappa shape index (κ1) is 33.9. The Morgan fingerprint density at radius 3 is 2.49 bits per heavy atom. The van der Waals surface area contributed by atoms with Crippen LogP contribution in [0.15, 0.2) is 42.6 Å². The summed E-state index contributed by atoms with van der Waals surface area (Å²) >= 11 is 0. The maximum Gasteiger partial charge on any atom is 0.434 e. The molecule has 2 saturated heterocycles. The molecule has 2 aliphatic rings. The van der Waals surface area contributed by atoms with Crippen molar-refractivity contribution in [2.45, 2.75) is 44.9 Å². The molecular formula is C33H38F4N6O4. The number of ether oxygens (including phenoxy) is 2. The van der Waals surface area contributed by atoms with Gasteiger partial charge in [-0.1, -0.05) is 6.92 Å². The van der Waals surface area contributed by atoms with Crippen LogP contribution in [0.2, 0.25) is 0 Å². The number of carbonyl (C=O) groups is 2. The predicted molar refractivity (Wildman–Crippen MR) is 167 cm³/mol. The smallest absolute Gasteiger partial charge is 0.434 e. The lowest BCUT2D eigenvalue weighted by atomic mass is 9.97. The largest absolute Gasteiger partial charge is 0.481 e. The Balaban J connectivity index is 1.50. The van der Waals surface area contributed by atoms with Gasteiger partial charge in [-0.2, -0.15) is 13.2 Å². The molecule has 0 spiro atoms. The Bertz CT molecular complexity index is 1620. The Labute approximate surface area is 270 Å². The Kier molecular flexibility index (Phi) is 10.2. The average Bonchev–Trinajstić information content (AvgIpc) is 3.47. The number of halogens is 4. The van der Waals surface area contributed by atoms with E-state index in [9.17, 15) is 22.8 Å². The monoisotopic (exact) mass is 658 g/mol. The maximum atomic E-state index is 16.7. The van der Waals surface area contributed by atoms with Crippen molar-refractivity contribution in [3.63, 3.8) is 0 Å². The normalized spacial score (nSPS) is 18.7. The minimum absolute atomic E-state index is 0.0353. The highest BCUT2D eigenvalue weighted by Crippen LogP contribution is 2.38. The van der Waals surface area contributed by atoms with E-state index in [4.69, 9.17) is 9.47 Å². The summed E-state index contributed by atoms with van der Waals surface area (Å²) in [6, 6.07) is 8.26. The zero-order valence-corrected chi connectivity index (χ0v) is 26.7. The SMILES string of the molecule is CCOc1ncccc1-c1ccc(N2CCN(C(=O)c3ccc(OC)nc3C(F)(F)F)C[C@H]2CC)c(C(=O)N[C@@H]2CCN(C)C2)c1F. The maximum absolute atomic E-state index is 16.7. The van der Waals surface area contributed by atoms with Crippen LogP contribution in [0.1, 0.15) is 53.1 Å². The number of likely N-dealkylation sites (N-methyl/N-ethyl adjacent to an activating group) is 1. The predicted octanol–water partition coefficient (Wildman–Crippen LogP) is 4.88. The number of hydrogen-bond donors (Lipinski definition) is 1. The highest BCUT2D eigenvalue weighted by Gasteiger charge is 2.40. The van der Waals surface area contributed by atoms with E-state index in [0.29, 0.717) is 37.2 Å². The number of methoxy groups -OCH3 is 1. The van der Waals surface area contributed by atoms with E-state index in [1.165, 1.54) is 24.3 Å². The number of likely N-dealkylation sites (tertiary alicyclic amines) is 1. The van der Waals surface area contributed by atoms with Crippen LogP contribution in [-0.4, -0.2) is 97.2 Å². The van der Waals surface area contributed by atoms with Gasteiger partial charge in [0, 0.05) is 61.7 Å². The number of anilines is 1. The molecular weight excluding hydrogens is 620 g/mol. The van der Waals surface area contributed by atoms with Crippen LogP contribution >= 0.6 is 0 Å². The Morgan fingerprint density at radius 2 is 1.83 bits per heavy atom. The van der Waals surface area contributed by atoms with Crippen molar-refractivity contribution in [1.82, 2.24) is 25.1 Å². The molecule has 0 radical (unpaired) electrons. The third-order valence-corrected chi connectivity index (χ3v) is 8.54. The van der Waals surface area contributed by atoms with Crippen LogP contribution in [0, 0.1) is 5.82 Å². The molecule has 1 aromatic carbocycles. The summed E-state index contributed by atoms with van der Waals surface area (Å²) in [6.45, 7) is 5.62. The molecule has 5 rings (SSSR count). The van der Waals surface area contributed by atoms with E-state index in [1.54, 1.807) is 31.2 Å². The number of amides is 2. The minimum atomic E-state index is -4.88. The molecule has 4 heterocycles. The minimum Gasteiger partial charge on any atom is -0.481 e. The van der Waals surface area contributed by atoms with Crippen molar-refractivity contribution in [2.24, 2.45) is 0 Å². The molecule has 2 atom stereocenters. The molecule has 0 aliphatic carbocycles. The first-order valence-corrected chi connectivity index (χ1v) is 15.5. The van der Waals surface area contributed by atoms with Crippen molar-refractivity contribution in [3.8, 4) is 22.9 Å². The van der Waals surface area contributed by atoms with E-state index >= 15 is 4.39 Å². The van der Waals surface area contributed by atoms with E-state index < -0.39 is 41.1 Å². The number of benzene rings is 1. The topological polar surface area (TPSA) is 100 Å². The summed E-state index contributed by atoms with van der Waals surface area (Å²) in [5.74, 6) is -2.17. The second-order valence-electron chi connectivity index (χ2n) is 11.6. The molecule has 10 nitrogen and oxygen atoms in total. The zero-order chi connectivity index (χ0) is 33.9. The number of nitrogens with zero attached hydrogens (tertiary/aromatic N) is 5. The van der Waals surface area contributed by atoms with Crippen LogP contribution < -0.4 is 19.7 Å². The number of hydrogen-bond acceptors (Lipinski definition) is 8. The van der Waals surface area contributed by atoms with Gasteiger partial charge in [0.1, 0.15) is 5.82 Å².